The molecule has 1 aliphatic heterocycles. The number of phenolic OH excluding ortho intramolecular Hbond substituents is 1. The van der Waals surface area contributed by atoms with Gasteiger partial charge in [-0.1, -0.05) is 18.2 Å². The highest BCUT2D eigenvalue weighted by atomic mass is 32.1. The Morgan fingerprint density at radius 3 is 2.67 bits per heavy atom. The van der Waals surface area contributed by atoms with Gasteiger partial charge in [0.2, 0.25) is 0 Å². The summed E-state index contributed by atoms with van der Waals surface area (Å²) in [6.45, 7) is 1.32. The third kappa shape index (κ3) is 3.51. The molecule has 0 spiro atoms. The molecule has 0 radical (unpaired) electrons. The standard InChI is InChI=1S/C23H18F2N2O2S/c24-17-4-3-5-18(25)16(17)13-27-8-9-29-22-15(12-27)10-14(11-20(22)28)23-26-19-6-1-2-7-21(19)30-23/h1-7,10-11,28H,8-9,12-13H2. The van der Waals surface area contributed by atoms with E-state index in [0.29, 0.717) is 25.4 Å². The van der Waals surface area contributed by atoms with Gasteiger partial charge in [-0.25, -0.2) is 13.8 Å². The van der Waals surface area contributed by atoms with E-state index in [-0.39, 0.29) is 17.9 Å². The molecule has 0 bridgehead atoms. The number of hydrogen-bond acceptors (Lipinski definition) is 5. The van der Waals surface area contributed by atoms with E-state index in [1.165, 1.54) is 18.2 Å². The van der Waals surface area contributed by atoms with Crippen LogP contribution >= 0.6 is 11.3 Å². The number of para-hydroxylation sites is 1. The van der Waals surface area contributed by atoms with Gasteiger partial charge in [0.1, 0.15) is 23.2 Å². The van der Waals surface area contributed by atoms with Crippen LogP contribution in [0.5, 0.6) is 11.5 Å². The average Bonchev–Trinajstić information content (AvgIpc) is 3.05. The van der Waals surface area contributed by atoms with Crippen molar-refractivity contribution in [2.75, 3.05) is 13.2 Å². The molecule has 4 aromatic rings. The summed E-state index contributed by atoms with van der Waals surface area (Å²) < 4.78 is 35.0. The van der Waals surface area contributed by atoms with Crippen LogP contribution in [0.2, 0.25) is 0 Å². The maximum Gasteiger partial charge on any atom is 0.165 e. The maximum atomic E-state index is 14.1. The molecule has 3 aromatic carbocycles. The fraction of sp³-hybridized carbons (Fsp3) is 0.174. The number of ether oxygens (including phenoxy) is 1. The van der Waals surface area contributed by atoms with Crippen molar-refractivity contribution < 1.29 is 18.6 Å². The van der Waals surface area contributed by atoms with E-state index in [1.54, 1.807) is 17.4 Å². The monoisotopic (exact) mass is 424 g/mol. The van der Waals surface area contributed by atoms with Gasteiger partial charge in [0.25, 0.3) is 0 Å². The van der Waals surface area contributed by atoms with Crippen molar-refractivity contribution in [2.45, 2.75) is 13.1 Å². The molecule has 0 fully saturated rings. The minimum absolute atomic E-state index is 0.0347. The molecular weight excluding hydrogens is 406 g/mol. The number of rotatable bonds is 3. The van der Waals surface area contributed by atoms with Gasteiger partial charge in [0, 0.05) is 36.3 Å². The van der Waals surface area contributed by atoms with Gasteiger partial charge >= 0.3 is 0 Å². The van der Waals surface area contributed by atoms with E-state index in [0.717, 1.165) is 26.4 Å². The largest absolute Gasteiger partial charge is 0.504 e. The molecule has 0 aliphatic carbocycles. The van der Waals surface area contributed by atoms with Crippen LogP contribution in [0.1, 0.15) is 11.1 Å². The van der Waals surface area contributed by atoms with Crippen molar-refractivity contribution in [1.29, 1.82) is 0 Å². The normalized spacial score (nSPS) is 14.3. The summed E-state index contributed by atoms with van der Waals surface area (Å²) in [5.41, 5.74) is 2.49. The van der Waals surface area contributed by atoms with E-state index >= 15 is 0 Å². The molecule has 4 nitrogen and oxygen atoms in total. The van der Waals surface area contributed by atoms with Crippen molar-refractivity contribution >= 4 is 21.6 Å². The van der Waals surface area contributed by atoms with E-state index in [2.05, 4.69) is 4.98 Å². The first-order valence-electron chi connectivity index (χ1n) is 9.58. The van der Waals surface area contributed by atoms with Crippen LogP contribution < -0.4 is 4.74 Å². The van der Waals surface area contributed by atoms with Crippen LogP contribution in [-0.4, -0.2) is 28.1 Å². The molecule has 0 unspecified atom stereocenters. The van der Waals surface area contributed by atoms with Crippen LogP contribution in [0.3, 0.4) is 0 Å². The van der Waals surface area contributed by atoms with Gasteiger partial charge in [0.15, 0.2) is 11.5 Å². The van der Waals surface area contributed by atoms with Gasteiger partial charge < -0.3 is 9.84 Å². The molecular formula is C23H18F2N2O2S. The molecule has 0 saturated carbocycles. The van der Waals surface area contributed by atoms with Crippen molar-refractivity contribution in [1.82, 2.24) is 9.88 Å². The summed E-state index contributed by atoms with van der Waals surface area (Å²) in [7, 11) is 0. The lowest BCUT2D eigenvalue weighted by molar-refractivity contribution is 0.213. The highest BCUT2D eigenvalue weighted by Gasteiger charge is 2.22. The molecule has 1 aromatic heterocycles. The third-order valence-corrected chi connectivity index (χ3v) is 6.26. The zero-order chi connectivity index (χ0) is 20.7. The lowest BCUT2D eigenvalue weighted by atomic mass is 10.1. The molecule has 0 saturated heterocycles. The predicted molar refractivity (Wildman–Crippen MR) is 113 cm³/mol. The fourth-order valence-corrected chi connectivity index (χ4v) is 4.67. The second kappa shape index (κ2) is 7.66. The molecule has 0 atom stereocenters. The van der Waals surface area contributed by atoms with Crippen LogP contribution in [0, 0.1) is 11.6 Å². The zero-order valence-corrected chi connectivity index (χ0v) is 16.8. The summed E-state index contributed by atoms with van der Waals surface area (Å²) in [6.07, 6.45) is 0. The van der Waals surface area contributed by atoms with E-state index in [1.807, 2.05) is 35.2 Å². The van der Waals surface area contributed by atoms with Crippen molar-refractivity contribution in [2.24, 2.45) is 0 Å². The van der Waals surface area contributed by atoms with Crippen LogP contribution in [-0.2, 0) is 13.1 Å². The lowest BCUT2D eigenvalue weighted by Crippen LogP contribution is -2.26. The minimum Gasteiger partial charge on any atom is -0.504 e. The number of nitrogens with zero attached hydrogens (tertiary/aromatic N) is 2. The lowest BCUT2D eigenvalue weighted by Gasteiger charge is -2.20. The van der Waals surface area contributed by atoms with Crippen LogP contribution in [0.25, 0.3) is 20.8 Å². The van der Waals surface area contributed by atoms with Crippen molar-refractivity contribution in [3.8, 4) is 22.1 Å². The molecule has 1 aliphatic rings. The molecule has 2 heterocycles. The highest BCUT2D eigenvalue weighted by molar-refractivity contribution is 7.21. The number of thiazole rings is 1. The first-order chi connectivity index (χ1) is 14.6. The quantitative estimate of drug-likeness (QED) is 0.482. The summed E-state index contributed by atoms with van der Waals surface area (Å²) in [5.74, 6) is -0.671. The number of aromatic nitrogens is 1. The Balaban J connectivity index is 1.49. The first kappa shape index (κ1) is 19.0. The zero-order valence-electron chi connectivity index (χ0n) is 15.9. The highest BCUT2D eigenvalue weighted by Crippen LogP contribution is 2.39. The minimum atomic E-state index is -0.563. The number of halogens is 2. The molecule has 5 rings (SSSR count). The van der Waals surface area contributed by atoms with E-state index in [9.17, 15) is 13.9 Å². The second-order valence-electron chi connectivity index (χ2n) is 7.23. The number of hydrogen-bond donors (Lipinski definition) is 1. The van der Waals surface area contributed by atoms with Gasteiger partial charge in [-0.15, -0.1) is 11.3 Å². The smallest absolute Gasteiger partial charge is 0.165 e. The van der Waals surface area contributed by atoms with Gasteiger partial charge in [-0.3, -0.25) is 4.90 Å². The summed E-state index contributed by atoms with van der Waals surface area (Å²) >= 11 is 1.55. The predicted octanol–water partition coefficient (Wildman–Crippen LogP) is 5.34. The Hall–Kier alpha value is -3.03. The Bertz CT molecular complexity index is 1190. The van der Waals surface area contributed by atoms with E-state index < -0.39 is 11.6 Å². The third-order valence-electron chi connectivity index (χ3n) is 5.18. The number of phenols is 1. The number of aromatic hydroxyl groups is 1. The SMILES string of the molecule is Oc1cc(-c2nc3ccccc3s2)cc2c1OCCN(Cc1c(F)cccc1F)C2. The summed E-state index contributed by atoms with van der Waals surface area (Å²) in [6, 6.07) is 15.3. The van der Waals surface area contributed by atoms with Crippen molar-refractivity contribution in [3.63, 3.8) is 0 Å². The second-order valence-corrected chi connectivity index (χ2v) is 8.26. The maximum absolute atomic E-state index is 14.1. The van der Waals surface area contributed by atoms with Crippen molar-refractivity contribution in [3.05, 3.63) is 77.4 Å². The topological polar surface area (TPSA) is 45.6 Å². The van der Waals surface area contributed by atoms with Gasteiger partial charge in [-0.05, 0) is 36.4 Å². The molecule has 0 amide bonds. The molecule has 7 heteroatoms. The summed E-state index contributed by atoms with van der Waals surface area (Å²) in [4.78, 5) is 6.57. The van der Waals surface area contributed by atoms with E-state index in [4.69, 9.17) is 4.74 Å². The fourth-order valence-electron chi connectivity index (χ4n) is 3.71. The number of benzene rings is 3. The van der Waals surface area contributed by atoms with Crippen LogP contribution in [0.15, 0.2) is 54.6 Å². The number of fused-ring (bicyclic) bond motifs is 2. The van der Waals surface area contributed by atoms with Gasteiger partial charge in [0.05, 0.1) is 10.2 Å². The first-order valence-corrected chi connectivity index (χ1v) is 10.4. The Morgan fingerprint density at radius 1 is 1.07 bits per heavy atom. The Morgan fingerprint density at radius 2 is 1.87 bits per heavy atom. The summed E-state index contributed by atoms with van der Waals surface area (Å²) in [5, 5.41) is 11.4. The Kier molecular flexibility index (Phi) is 4.84. The van der Waals surface area contributed by atoms with Crippen LogP contribution in [0.4, 0.5) is 8.78 Å². The average molecular weight is 424 g/mol. The molecule has 152 valence electrons. The Labute approximate surface area is 176 Å². The van der Waals surface area contributed by atoms with Gasteiger partial charge in [-0.2, -0.15) is 0 Å². The molecule has 30 heavy (non-hydrogen) atoms. The molecule has 1 N–H and O–H groups in total.